The number of anilines is 1. The second-order valence-corrected chi connectivity index (χ2v) is 6.34. The van der Waals surface area contributed by atoms with Crippen LogP contribution in [0.2, 0.25) is 0 Å². The molecule has 0 fully saturated rings. The standard InChI is InChI=1S/C10H9BrN2O2S/c1-16(14,15)10-7-4-6(11)2-3-9(7)13-5-8(10)12/h2-5H,12H2,1H3. The van der Waals surface area contributed by atoms with Crippen LogP contribution in [0, 0.1) is 0 Å². The van der Waals surface area contributed by atoms with Crippen molar-refractivity contribution in [1.29, 1.82) is 0 Å². The Labute approximate surface area is 102 Å². The van der Waals surface area contributed by atoms with E-state index in [0.29, 0.717) is 10.9 Å². The van der Waals surface area contributed by atoms with Gasteiger partial charge in [-0.05, 0) is 18.2 Å². The van der Waals surface area contributed by atoms with Crippen molar-refractivity contribution in [3.63, 3.8) is 0 Å². The average molecular weight is 301 g/mol. The van der Waals surface area contributed by atoms with Crippen LogP contribution < -0.4 is 5.73 Å². The van der Waals surface area contributed by atoms with Crippen LogP contribution >= 0.6 is 15.9 Å². The van der Waals surface area contributed by atoms with Gasteiger partial charge in [0, 0.05) is 16.1 Å². The van der Waals surface area contributed by atoms with Crippen LogP contribution in [0.4, 0.5) is 5.69 Å². The van der Waals surface area contributed by atoms with Gasteiger partial charge in [-0.2, -0.15) is 0 Å². The maximum Gasteiger partial charge on any atom is 0.178 e. The number of nitrogens with zero attached hydrogens (tertiary/aromatic N) is 1. The lowest BCUT2D eigenvalue weighted by Crippen LogP contribution is -2.04. The summed E-state index contributed by atoms with van der Waals surface area (Å²) in [5.74, 6) is 0. The summed E-state index contributed by atoms with van der Waals surface area (Å²) in [7, 11) is -3.36. The van der Waals surface area contributed by atoms with Gasteiger partial charge in [-0.1, -0.05) is 15.9 Å². The van der Waals surface area contributed by atoms with E-state index in [0.717, 1.165) is 10.7 Å². The van der Waals surface area contributed by atoms with Gasteiger partial charge in [-0.15, -0.1) is 0 Å². The number of hydrogen-bond acceptors (Lipinski definition) is 4. The van der Waals surface area contributed by atoms with E-state index in [1.807, 2.05) is 0 Å². The Morgan fingerprint density at radius 2 is 2.06 bits per heavy atom. The quantitative estimate of drug-likeness (QED) is 0.874. The van der Waals surface area contributed by atoms with Crippen molar-refractivity contribution in [3.8, 4) is 0 Å². The Hall–Kier alpha value is -1.14. The minimum atomic E-state index is -3.36. The zero-order valence-electron chi connectivity index (χ0n) is 8.44. The maximum atomic E-state index is 11.7. The molecule has 0 aliphatic carbocycles. The zero-order chi connectivity index (χ0) is 11.9. The lowest BCUT2D eigenvalue weighted by molar-refractivity contribution is 0.603. The highest BCUT2D eigenvalue weighted by molar-refractivity contribution is 9.10. The summed E-state index contributed by atoms with van der Waals surface area (Å²) in [6.45, 7) is 0. The van der Waals surface area contributed by atoms with Gasteiger partial charge in [0.2, 0.25) is 0 Å². The number of rotatable bonds is 1. The molecular weight excluding hydrogens is 292 g/mol. The van der Waals surface area contributed by atoms with Crippen LogP contribution in [-0.4, -0.2) is 19.7 Å². The van der Waals surface area contributed by atoms with Gasteiger partial charge in [0.15, 0.2) is 9.84 Å². The van der Waals surface area contributed by atoms with E-state index in [9.17, 15) is 8.42 Å². The fourth-order valence-electron chi connectivity index (χ4n) is 1.57. The first kappa shape index (κ1) is 11.3. The molecule has 0 saturated carbocycles. The molecule has 0 radical (unpaired) electrons. The van der Waals surface area contributed by atoms with Crippen LogP contribution in [0.5, 0.6) is 0 Å². The van der Waals surface area contributed by atoms with Crippen molar-refractivity contribution in [1.82, 2.24) is 4.98 Å². The number of hydrogen-bond donors (Lipinski definition) is 1. The molecule has 0 bridgehead atoms. The number of fused-ring (bicyclic) bond motifs is 1. The Balaban J connectivity index is 3.00. The summed E-state index contributed by atoms with van der Waals surface area (Å²) >= 11 is 3.29. The number of sulfone groups is 1. The smallest absolute Gasteiger partial charge is 0.178 e. The highest BCUT2D eigenvalue weighted by atomic mass is 79.9. The van der Waals surface area contributed by atoms with E-state index >= 15 is 0 Å². The second kappa shape index (κ2) is 3.71. The van der Waals surface area contributed by atoms with Crippen molar-refractivity contribution in [3.05, 3.63) is 28.9 Å². The summed E-state index contributed by atoms with van der Waals surface area (Å²) in [5, 5.41) is 0.539. The van der Waals surface area contributed by atoms with Crippen molar-refractivity contribution in [2.24, 2.45) is 0 Å². The first-order valence-electron chi connectivity index (χ1n) is 4.43. The van der Waals surface area contributed by atoms with Crippen LogP contribution in [0.1, 0.15) is 0 Å². The molecule has 0 unspecified atom stereocenters. The van der Waals surface area contributed by atoms with Crippen LogP contribution in [0.3, 0.4) is 0 Å². The van der Waals surface area contributed by atoms with Gasteiger partial charge in [-0.25, -0.2) is 8.42 Å². The van der Waals surface area contributed by atoms with Crippen LogP contribution in [0.25, 0.3) is 10.9 Å². The molecule has 16 heavy (non-hydrogen) atoms. The fourth-order valence-corrected chi connectivity index (χ4v) is 2.97. The molecule has 0 saturated heterocycles. The molecule has 2 aromatic rings. The van der Waals surface area contributed by atoms with E-state index in [2.05, 4.69) is 20.9 Å². The number of benzene rings is 1. The number of halogens is 1. The predicted molar refractivity (Wildman–Crippen MR) is 67.0 cm³/mol. The molecule has 0 atom stereocenters. The van der Waals surface area contributed by atoms with E-state index in [4.69, 9.17) is 5.73 Å². The van der Waals surface area contributed by atoms with Crippen molar-refractivity contribution < 1.29 is 8.42 Å². The summed E-state index contributed by atoms with van der Waals surface area (Å²) in [4.78, 5) is 4.22. The molecular formula is C10H9BrN2O2S. The lowest BCUT2D eigenvalue weighted by atomic mass is 10.2. The largest absolute Gasteiger partial charge is 0.396 e. The van der Waals surface area contributed by atoms with Crippen LogP contribution in [-0.2, 0) is 9.84 Å². The predicted octanol–water partition coefficient (Wildman–Crippen LogP) is 1.98. The molecule has 0 aliphatic rings. The minimum Gasteiger partial charge on any atom is -0.396 e. The molecule has 2 N–H and O–H groups in total. The van der Waals surface area contributed by atoms with Gasteiger partial charge in [-0.3, -0.25) is 4.98 Å². The van der Waals surface area contributed by atoms with Crippen molar-refractivity contribution in [2.75, 3.05) is 12.0 Å². The number of aromatic nitrogens is 1. The Morgan fingerprint density at radius 3 is 2.69 bits per heavy atom. The zero-order valence-corrected chi connectivity index (χ0v) is 10.8. The third-order valence-electron chi connectivity index (χ3n) is 2.18. The molecule has 1 aromatic carbocycles. The molecule has 2 rings (SSSR count). The number of nitrogen functional groups attached to an aromatic ring is 1. The summed E-state index contributed by atoms with van der Waals surface area (Å²) in [6, 6.07) is 5.25. The van der Waals surface area contributed by atoms with Crippen LogP contribution in [0.15, 0.2) is 33.8 Å². The van der Waals surface area contributed by atoms with Crippen molar-refractivity contribution >= 4 is 42.4 Å². The van der Waals surface area contributed by atoms with Gasteiger partial charge >= 0.3 is 0 Å². The average Bonchev–Trinajstić information content (AvgIpc) is 2.14. The first-order chi connectivity index (χ1) is 7.39. The molecule has 0 spiro atoms. The minimum absolute atomic E-state index is 0.138. The van der Waals surface area contributed by atoms with Gasteiger partial charge in [0.25, 0.3) is 0 Å². The molecule has 0 amide bonds. The van der Waals surface area contributed by atoms with Crippen molar-refractivity contribution in [2.45, 2.75) is 4.90 Å². The molecule has 0 aliphatic heterocycles. The SMILES string of the molecule is CS(=O)(=O)c1c(N)cnc2ccc(Br)cc12. The fraction of sp³-hybridized carbons (Fsp3) is 0.100. The molecule has 1 aromatic heterocycles. The Bertz CT molecular complexity index is 663. The Kier molecular flexibility index (Phi) is 2.63. The summed E-state index contributed by atoms with van der Waals surface area (Å²) in [6.07, 6.45) is 2.51. The normalized spacial score (nSPS) is 11.9. The third kappa shape index (κ3) is 1.90. The molecule has 6 heteroatoms. The van der Waals surface area contributed by atoms with E-state index < -0.39 is 9.84 Å². The van der Waals surface area contributed by atoms with Gasteiger partial charge < -0.3 is 5.73 Å². The highest BCUT2D eigenvalue weighted by Gasteiger charge is 2.16. The van der Waals surface area contributed by atoms with E-state index in [1.54, 1.807) is 18.2 Å². The molecule has 84 valence electrons. The van der Waals surface area contributed by atoms with Gasteiger partial charge in [0.05, 0.1) is 17.4 Å². The maximum absolute atomic E-state index is 11.7. The van der Waals surface area contributed by atoms with Gasteiger partial charge in [0.1, 0.15) is 4.90 Å². The number of pyridine rings is 1. The topological polar surface area (TPSA) is 73.0 Å². The monoisotopic (exact) mass is 300 g/mol. The summed E-state index contributed by atoms with van der Waals surface area (Å²) < 4.78 is 24.1. The molecule has 4 nitrogen and oxygen atoms in total. The molecule has 1 heterocycles. The third-order valence-corrected chi connectivity index (χ3v) is 3.87. The second-order valence-electron chi connectivity index (χ2n) is 3.48. The number of nitrogens with two attached hydrogens (primary N) is 1. The first-order valence-corrected chi connectivity index (χ1v) is 7.12. The van der Waals surface area contributed by atoms with E-state index in [1.165, 1.54) is 6.20 Å². The lowest BCUT2D eigenvalue weighted by Gasteiger charge is -2.07. The van der Waals surface area contributed by atoms with E-state index in [-0.39, 0.29) is 10.6 Å². The highest BCUT2D eigenvalue weighted by Crippen LogP contribution is 2.28. The summed E-state index contributed by atoms with van der Waals surface area (Å²) in [5.41, 5.74) is 6.45. The Morgan fingerprint density at radius 1 is 1.38 bits per heavy atom.